The van der Waals surface area contributed by atoms with Crippen LogP contribution in [0.15, 0.2) is 73.1 Å². The third-order valence-electron chi connectivity index (χ3n) is 5.71. The number of hydrogen-bond donors (Lipinski definition) is 2. The Morgan fingerprint density at radius 1 is 1.06 bits per heavy atom. The first-order valence-electron chi connectivity index (χ1n) is 11.1. The number of amides is 2. The Balaban J connectivity index is 1.31. The van der Waals surface area contributed by atoms with E-state index in [9.17, 15) is 9.59 Å². The molecule has 2 aromatic carbocycles. The number of nitrogens with one attached hydrogen (secondary N) is 2. The van der Waals surface area contributed by atoms with Gasteiger partial charge in [-0.3, -0.25) is 19.2 Å². The van der Waals surface area contributed by atoms with Gasteiger partial charge in [-0.25, -0.2) is 0 Å². The van der Waals surface area contributed by atoms with Crippen LogP contribution in [0.4, 0.5) is 0 Å². The number of hydrogen-bond acceptors (Lipinski definition) is 4. The van der Waals surface area contributed by atoms with E-state index in [-0.39, 0.29) is 18.2 Å². The summed E-state index contributed by atoms with van der Waals surface area (Å²) in [4.78, 5) is 27.1. The molecule has 7 nitrogen and oxygen atoms in total. The average molecular weight is 432 g/mol. The molecule has 1 aliphatic rings. The normalized spacial score (nSPS) is 16.5. The summed E-state index contributed by atoms with van der Waals surface area (Å²) >= 11 is 0. The molecule has 0 aliphatic carbocycles. The predicted molar refractivity (Wildman–Crippen MR) is 124 cm³/mol. The maximum absolute atomic E-state index is 12.5. The molecule has 0 bridgehead atoms. The molecule has 2 heterocycles. The molecule has 1 saturated heterocycles. The van der Waals surface area contributed by atoms with Gasteiger partial charge in [0.15, 0.2) is 0 Å². The fourth-order valence-corrected chi connectivity index (χ4v) is 3.99. The van der Waals surface area contributed by atoms with Crippen molar-refractivity contribution in [1.29, 1.82) is 0 Å². The molecule has 3 aromatic rings. The van der Waals surface area contributed by atoms with Gasteiger partial charge < -0.3 is 10.6 Å². The van der Waals surface area contributed by atoms with Crippen molar-refractivity contribution >= 4 is 11.8 Å². The number of carbonyl (C=O) groups is 2. The van der Waals surface area contributed by atoms with E-state index in [1.165, 1.54) is 5.56 Å². The molecule has 1 aromatic heterocycles. The van der Waals surface area contributed by atoms with Gasteiger partial charge in [-0.2, -0.15) is 5.10 Å². The first kappa shape index (κ1) is 21.8. The summed E-state index contributed by atoms with van der Waals surface area (Å²) in [5.41, 5.74) is 3.47. The molecule has 0 spiro atoms. The Bertz CT molecular complexity index is 1000. The third-order valence-corrected chi connectivity index (χ3v) is 5.71. The highest BCUT2D eigenvalue weighted by Gasteiger charge is 2.31. The summed E-state index contributed by atoms with van der Waals surface area (Å²) in [6, 6.07) is 20.1. The van der Waals surface area contributed by atoms with Crippen LogP contribution in [0.1, 0.15) is 18.4 Å². The number of aromatic nitrogens is 2. The van der Waals surface area contributed by atoms with Gasteiger partial charge in [0, 0.05) is 45.1 Å². The molecule has 1 atom stereocenters. The number of nitrogens with zero attached hydrogens (tertiary/aromatic N) is 3. The molecule has 32 heavy (non-hydrogen) atoms. The minimum Gasteiger partial charge on any atom is -0.356 e. The second-order valence-corrected chi connectivity index (χ2v) is 8.02. The summed E-state index contributed by atoms with van der Waals surface area (Å²) in [5.74, 6) is -0.180. The van der Waals surface area contributed by atoms with Crippen LogP contribution < -0.4 is 10.6 Å². The Morgan fingerprint density at radius 3 is 2.59 bits per heavy atom. The molecule has 166 valence electrons. The van der Waals surface area contributed by atoms with Crippen LogP contribution in [-0.2, 0) is 22.7 Å². The third kappa shape index (κ3) is 5.82. The molecular weight excluding hydrogens is 402 g/mol. The van der Waals surface area contributed by atoms with E-state index >= 15 is 0 Å². The van der Waals surface area contributed by atoms with Crippen LogP contribution in [0, 0.1) is 0 Å². The fraction of sp³-hybridized carbons (Fsp3) is 0.320. The highest BCUT2D eigenvalue weighted by Crippen LogP contribution is 2.21. The minimum atomic E-state index is -0.455. The van der Waals surface area contributed by atoms with Crippen LogP contribution in [0.3, 0.4) is 0 Å². The zero-order chi connectivity index (χ0) is 22.2. The van der Waals surface area contributed by atoms with Gasteiger partial charge in [0.05, 0.1) is 12.5 Å². The summed E-state index contributed by atoms with van der Waals surface area (Å²) < 4.78 is 1.84. The molecular formula is C25H29N5O2. The topological polar surface area (TPSA) is 79.3 Å². The highest BCUT2D eigenvalue weighted by atomic mass is 16.2. The van der Waals surface area contributed by atoms with Crippen LogP contribution >= 0.6 is 0 Å². The summed E-state index contributed by atoms with van der Waals surface area (Å²) in [6.07, 6.45) is 4.60. The lowest BCUT2D eigenvalue weighted by Crippen LogP contribution is -2.56. The van der Waals surface area contributed by atoms with E-state index in [0.717, 1.165) is 30.6 Å². The monoisotopic (exact) mass is 431 g/mol. The van der Waals surface area contributed by atoms with Crippen LogP contribution in [0.2, 0.25) is 0 Å². The summed E-state index contributed by atoms with van der Waals surface area (Å²) in [5, 5.41) is 9.99. The maximum atomic E-state index is 12.5. The SMILES string of the molecule is O=C(C[C@@H]1C(=O)NCCN1Cc1ccc(-c2ccccc2)cc1)NCCCn1cccn1. The predicted octanol–water partition coefficient (Wildman–Crippen LogP) is 2.45. The van der Waals surface area contributed by atoms with E-state index in [2.05, 4.69) is 57.0 Å². The largest absolute Gasteiger partial charge is 0.356 e. The smallest absolute Gasteiger partial charge is 0.237 e. The van der Waals surface area contributed by atoms with Crippen molar-refractivity contribution in [3.8, 4) is 11.1 Å². The van der Waals surface area contributed by atoms with Crippen molar-refractivity contribution in [2.45, 2.75) is 32.0 Å². The van der Waals surface area contributed by atoms with Crippen molar-refractivity contribution < 1.29 is 9.59 Å². The van der Waals surface area contributed by atoms with Crippen molar-refractivity contribution in [1.82, 2.24) is 25.3 Å². The molecule has 4 rings (SSSR count). The van der Waals surface area contributed by atoms with Gasteiger partial charge >= 0.3 is 0 Å². The first-order valence-corrected chi connectivity index (χ1v) is 11.1. The highest BCUT2D eigenvalue weighted by molar-refractivity contribution is 5.88. The lowest BCUT2D eigenvalue weighted by Gasteiger charge is -2.34. The van der Waals surface area contributed by atoms with E-state index in [1.807, 2.05) is 35.1 Å². The van der Waals surface area contributed by atoms with Gasteiger partial charge in [0.25, 0.3) is 0 Å². The van der Waals surface area contributed by atoms with E-state index in [1.54, 1.807) is 6.20 Å². The molecule has 0 saturated carbocycles. The van der Waals surface area contributed by atoms with E-state index < -0.39 is 6.04 Å². The van der Waals surface area contributed by atoms with Gasteiger partial charge in [0.2, 0.25) is 11.8 Å². The fourth-order valence-electron chi connectivity index (χ4n) is 3.99. The molecule has 2 N–H and O–H groups in total. The lowest BCUT2D eigenvalue weighted by molar-refractivity contribution is -0.134. The van der Waals surface area contributed by atoms with Crippen LogP contribution in [-0.4, -0.2) is 52.2 Å². The van der Waals surface area contributed by atoms with E-state index in [4.69, 9.17) is 0 Å². The van der Waals surface area contributed by atoms with Gasteiger partial charge in [-0.1, -0.05) is 54.6 Å². The summed E-state index contributed by atoms with van der Waals surface area (Å²) in [7, 11) is 0. The van der Waals surface area contributed by atoms with Gasteiger partial charge in [-0.05, 0) is 29.2 Å². The lowest BCUT2D eigenvalue weighted by atomic mass is 10.0. The summed E-state index contributed by atoms with van der Waals surface area (Å²) in [6.45, 7) is 3.28. The maximum Gasteiger partial charge on any atom is 0.237 e. The van der Waals surface area contributed by atoms with E-state index in [0.29, 0.717) is 19.6 Å². The molecule has 7 heteroatoms. The molecule has 0 unspecified atom stereocenters. The van der Waals surface area contributed by atoms with Gasteiger partial charge in [0.1, 0.15) is 0 Å². The van der Waals surface area contributed by atoms with Crippen molar-refractivity contribution in [3.63, 3.8) is 0 Å². The Hall–Kier alpha value is -3.45. The Kier molecular flexibility index (Phi) is 7.30. The molecule has 1 fully saturated rings. The molecule has 0 radical (unpaired) electrons. The number of carbonyl (C=O) groups excluding carboxylic acids is 2. The quantitative estimate of drug-likeness (QED) is 0.510. The number of aryl methyl sites for hydroxylation is 1. The zero-order valence-electron chi connectivity index (χ0n) is 18.1. The van der Waals surface area contributed by atoms with Gasteiger partial charge in [-0.15, -0.1) is 0 Å². The number of benzene rings is 2. The van der Waals surface area contributed by atoms with Crippen LogP contribution in [0.25, 0.3) is 11.1 Å². The minimum absolute atomic E-state index is 0.0798. The van der Waals surface area contributed by atoms with Crippen molar-refractivity contribution in [2.24, 2.45) is 0 Å². The number of piperazine rings is 1. The molecule has 1 aliphatic heterocycles. The second-order valence-electron chi connectivity index (χ2n) is 8.02. The second kappa shape index (κ2) is 10.7. The Morgan fingerprint density at radius 2 is 1.84 bits per heavy atom. The standard InChI is InChI=1S/C25H29N5O2/c31-24(26-12-4-15-30-16-5-13-28-30)18-23-25(32)27-14-17-29(23)19-20-8-10-22(11-9-20)21-6-2-1-3-7-21/h1-3,5-11,13,16,23H,4,12,14-15,17-19H2,(H,26,31)(H,27,32)/t23-/m1/s1. The molecule has 2 amide bonds. The Labute approximate surface area is 188 Å². The zero-order valence-corrected chi connectivity index (χ0v) is 18.1. The van der Waals surface area contributed by atoms with Crippen molar-refractivity contribution in [2.75, 3.05) is 19.6 Å². The number of rotatable bonds is 9. The van der Waals surface area contributed by atoms with Crippen molar-refractivity contribution in [3.05, 3.63) is 78.6 Å². The first-order chi connectivity index (χ1) is 15.7. The van der Waals surface area contributed by atoms with Crippen LogP contribution in [0.5, 0.6) is 0 Å². The average Bonchev–Trinajstić information content (AvgIpc) is 3.34.